The van der Waals surface area contributed by atoms with Crippen LogP contribution in [0.4, 0.5) is 11.4 Å². The van der Waals surface area contributed by atoms with Crippen LogP contribution in [0.2, 0.25) is 0 Å². The smallest absolute Gasteiger partial charge is 0.241 e. The number of nitrogens with two attached hydrogens (primary N) is 1. The molecule has 3 aromatic rings. The summed E-state index contributed by atoms with van der Waals surface area (Å²) >= 11 is 0. The SMILES string of the molecule is CS(=O)(=O)Nc1cccc(CNS(=O)(=O)c2cccc3c(N)cccc23)c1. The van der Waals surface area contributed by atoms with E-state index in [0.29, 0.717) is 27.7 Å². The maximum Gasteiger partial charge on any atom is 0.241 e. The quantitative estimate of drug-likeness (QED) is 0.544. The third-order valence-electron chi connectivity index (χ3n) is 3.90. The van der Waals surface area contributed by atoms with Crippen LogP contribution in [0.5, 0.6) is 0 Å². The Bertz CT molecular complexity index is 1210. The van der Waals surface area contributed by atoms with Crippen molar-refractivity contribution in [1.82, 2.24) is 4.72 Å². The fraction of sp³-hybridized carbons (Fsp3) is 0.111. The van der Waals surface area contributed by atoms with Crippen LogP contribution in [0.1, 0.15) is 5.56 Å². The molecule has 0 aliphatic heterocycles. The maximum absolute atomic E-state index is 12.8. The highest BCUT2D eigenvalue weighted by Crippen LogP contribution is 2.27. The number of rotatable bonds is 6. The molecule has 0 radical (unpaired) electrons. The lowest BCUT2D eigenvalue weighted by Crippen LogP contribution is -2.23. The van der Waals surface area contributed by atoms with Gasteiger partial charge in [0.1, 0.15) is 0 Å². The number of nitrogens with one attached hydrogen (secondary N) is 2. The summed E-state index contributed by atoms with van der Waals surface area (Å²) in [5.74, 6) is 0. The van der Waals surface area contributed by atoms with Gasteiger partial charge in [0.15, 0.2) is 0 Å². The number of anilines is 2. The van der Waals surface area contributed by atoms with E-state index in [4.69, 9.17) is 5.73 Å². The van der Waals surface area contributed by atoms with Crippen LogP contribution in [0.25, 0.3) is 10.8 Å². The Balaban J connectivity index is 1.87. The molecule has 0 fully saturated rings. The second kappa shape index (κ2) is 7.18. The molecule has 0 heterocycles. The van der Waals surface area contributed by atoms with Gasteiger partial charge in [-0.2, -0.15) is 0 Å². The van der Waals surface area contributed by atoms with Crippen molar-refractivity contribution >= 4 is 42.2 Å². The molecule has 0 aliphatic carbocycles. The summed E-state index contributed by atoms with van der Waals surface area (Å²) < 4.78 is 53.1. The van der Waals surface area contributed by atoms with Crippen molar-refractivity contribution in [3.05, 3.63) is 66.2 Å². The molecule has 4 N–H and O–H groups in total. The minimum atomic E-state index is -3.79. The summed E-state index contributed by atoms with van der Waals surface area (Å²) in [5.41, 5.74) is 7.42. The molecule has 0 atom stereocenters. The monoisotopic (exact) mass is 405 g/mol. The van der Waals surface area contributed by atoms with Crippen LogP contribution in [-0.4, -0.2) is 23.1 Å². The zero-order valence-electron chi connectivity index (χ0n) is 14.5. The average Bonchev–Trinajstić information content (AvgIpc) is 2.59. The molecule has 0 amide bonds. The first kappa shape index (κ1) is 19.2. The summed E-state index contributed by atoms with van der Waals surface area (Å²) in [5, 5.41) is 1.21. The molecule has 0 bridgehead atoms. The van der Waals surface area contributed by atoms with Crippen molar-refractivity contribution in [2.45, 2.75) is 11.4 Å². The number of hydrogen-bond acceptors (Lipinski definition) is 5. The molecule has 0 aliphatic rings. The second-order valence-corrected chi connectivity index (χ2v) is 9.58. The largest absolute Gasteiger partial charge is 0.398 e. The van der Waals surface area contributed by atoms with Crippen molar-refractivity contribution in [1.29, 1.82) is 0 Å². The molecular formula is C18H19N3O4S2. The fourth-order valence-corrected chi connectivity index (χ4v) is 4.55. The standard InChI is InChI=1S/C18H19N3O4S2/c1-26(22,23)21-14-6-2-5-13(11-14)12-20-27(24,25)18-10-4-7-15-16(18)8-3-9-17(15)19/h2-11,20-21H,12,19H2,1H3. The van der Waals surface area contributed by atoms with Gasteiger partial charge in [0.05, 0.1) is 11.2 Å². The van der Waals surface area contributed by atoms with E-state index >= 15 is 0 Å². The van der Waals surface area contributed by atoms with E-state index in [-0.39, 0.29) is 11.4 Å². The van der Waals surface area contributed by atoms with E-state index in [1.54, 1.807) is 54.6 Å². The Labute approximate surface area is 158 Å². The third-order valence-corrected chi connectivity index (χ3v) is 5.97. The Morgan fingerprint density at radius 2 is 1.56 bits per heavy atom. The highest BCUT2D eigenvalue weighted by Gasteiger charge is 2.17. The fourth-order valence-electron chi connectivity index (χ4n) is 2.75. The van der Waals surface area contributed by atoms with Crippen LogP contribution in [0, 0.1) is 0 Å². The van der Waals surface area contributed by atoms with Crippen LogP contribution >= 0.6 is 0 Å². The van der Waals surface area contributed by atoms with Crippen molar-refractivity contribution in [3.63, 3.8) is 0 Å². The van der Waals surface area contributed by atoms with Crippen LogP contribution in [0.15, 0.2) is 65.6 Å². The number of benzene rings is 3. The van der Waals surface area contributed by atoms with E-state index in [1.165, 1.54) is 6.07 Å². The average molecular weight is 406 g/mol. The number of nitrogen functional groups attached to an aromatic ring is 1. The lowest BCUT2D eigenvalue weighted by Gasteiger charge is -2.11. The molecule has 0 aromatic heterocycles. The number of hydrogen-bond donors (Lipinski definition) is 3. The van der Waals surface area contributed by atoms with Crippen molar-refractivity contribution in [3.8, 4) is 0 Å². The van der Waals surface area contributed by atoms with E-state index < -0.39 is 20.0 Å². The van der Waals surface area contributed by atoms with Gasteiger partial charge < -0.3 is 5.73 Å². The van der Waals surface area contributed by atoms with E-state index in [1.807, 2.05) is 0 Å². The van der Waals surface area contributed by atoms with Crippen molar-refractivity contribution in [2.75, 3.05) is 16.7 Å². The molecule has 0 saturated carbocycles. The Morgan fingerprint density at radius 3 is 2.30 bits per heavy atom. The number of sulfonamides is 2. The van der Waals surface area contributed by atoms with E-state index in [0.717, 1.165) is 6.26 Å². The Hall–Kier alpha value is -2.62. The first-order valence-corrected chi connectivity index (χ1v) is 11.4. The predicted octanol–water partition coefficient (Wildman–Crippen LogP) is 2.27. The van der Waals surface area contributed by atoms with E-state index in [2.05, 4.69) is 9.44 Å². The number of fused-ring (bicyclic) bond motifs is 1. The highest BCUT2D eigenvalue weighted by molar-refractivity contribution is 7.92. The molecule has 0 saturated heterocycles. The Morgan fingerprint density at radius 1 is 0.889 bits per heavy atom. The zero-order chi connectivity index (χ0) is 19.7. The lowest BCUT2D eigenvalue weighted by atomic mass is 10.1. The topological polar surface area (TPSA) is 118 Å². The highest BCUT2D eigenvalue weighted by atomic mass is 32.2. The normalized spacial score (nSPS) is 12.2. The molecule has 0 spiro atoms. The molecule has 0 unspecified atom stereocenters. The lowest BCUT2D eigenvalue weighted by molar-refractivity contribution is 0.582. The van der Waals surface area contributed by atoms with E-state index in [9.17, 15) is 16.8 Å². The first-order valence-electron chi connectivity index (χ1n) is 7.99. The second-order valence-electron chi connectivity index (χ2n) is 6.10. The van der Waals surface area contributed by atoms with Gasteiger partial charge in [0, 0.05) is 28.7 Å². The van der Waals surface area contributed by atoms with Gasteiger partial charge in [-0.15, -0.1) is 0 Å². The molecule has 9 heteroatoms. The summed E-state index contributed by atoms with van der Waals surface area (Å²) in [6.07, 6.45) is 1.05. The Kier molecular flexibility index (Phi) is 5.09. The zero-order valence-corrected chi connectivity index (χ0v) is 16.1. The predicted molar refractivity (Wildman–Crippen MR) is 107 cm³/mol. The molecule has 3 aromatic carbocycles. The molecule has 142 valence electrons. The first-order chi connectivity index (χ1) is 12.7. The van der Waals surface area contributed by atoms with Gasteiger partial charge >= 0.3 is 0 Å². The molecule has 3 rings (SSSR count). The van der Waals surface area contributed by atoms with Crippen molar-refractivity contribution < 1.29 is 16.8 Å². The summed E-state index contributed by atoms with van der Waals surface area (Å²) in [6.45, 7) is 0.0142. The minimum Gasteiger partial charge on any atom is -0.398 e. The van der Waals surface area contributed by atoms with Gasteiger partial charge in [-0.3, -0.25) is 4.72 Å². The van der Waals surface area contributed by atoms with Crippen molar-refractivity contribution in [2.24, 2.45) is 0 Å². The van der Waals surface area contributed by atoms with Crippen LogP contribution in [0.3, 0.4) is 0 Å². The molecule has 27 heavy (non-hydrogen) atoms. The van der Waals surface area contributed by atoms with Gasteiger partial charge in [0.25, 0.3) is 0 Å². The van der Waals surface area contributed by atoms with Crippen LogP contribution < -0.4 is 15.2 Å². The maximum atomic E-state index is 12.8. The van der Waals surface area contributed by atoms with Crippen LogP contribution in [-0.2, 0) is 26.6 Å². The van der Waals surface area contributed by atoms with Gasteiger partial charge in [-0.1, -0.05) is 36.4 Å². The van der Waals surface area contributed by atoms with Gasteiger partial charge in [-0.05, 0) is 29.8 Å². The summed E-state index contributed by atoms with van der Waals surface area (Å²) in [6, 6.07) is 16.6. The third kappa shape index (κ3) is 4.57. The molecule has 7 nitrogen and oxygen atoms in total. The molecular weight excluding hydrogens is 386 g/mol. The summed E-state index contributed by atoms with van der Waals surface area (Å²) in [7, 11) is -7.20. The summed E-state index contributed by atoms with van der Waals surface area (Å²) in [4.78, 5) is 0.137. The van der Waals surface area contributed by atoms with Gasteiger partial charge in [0.2, 0.25) is 20.0 Å². The van der Waals surface area contributed by atoms with Gasteiger partial charge in [-0.25, -0.2) is 21.6 Å². The minimum absolute atomic E-state index is 0.0142.